The number of halogens is 4. The van der Waals surface area contributed by atoms with Crippen LogP contribution in [0.2, 0.25) is 0 Å². The molecular weight excluding hydrogens is 360 g/mol. The molecule has 0 radical (unpaired) electrons. The number of carbonyl (C=O) groups excluding carboxylic acids is 1. The van der Waals surface area contributed by atoms with E-state index in [2.05, 4.69) is 4.90 Å². The highest BCUT2D eigenvalue weighted by atomic mass is 19.4. The maximum absolute atomic E-state index is 13.0. The van der Waals surface area contributed by atoms with E-state index in [1.807, 2.05) is 0 Å². The number of anilines is 1. The van der Waals surface area contributed by atoms with Gasteiger partial charge in [0.05, 0.1) is 5.56 Å². The number of nitrogens with zero attached hydrogens (tertiary/aromatic N) is 2. The molecule has 0 aliphatic carbocycles. The number of carbonyl (C=O) groups is 1. The van der Waals surface area contributed by atoms with Gasteiger partial charge in [0.1, 0.15) is 5.82 Å². The molecule has 3 nitrogen and oxygen atoms in total. The number of hydrogen-bond acceptors (Lipinski definition) is 2. The molecule has 27 heavy (non-hydrogen) atoms. The van der Waals surface area contributed by atoms with Crippen molar-refractivity contribution in [3.8, 4) is 0 Å². The Kier molecular flexibility index (Phi) is 5.48. The van der Waals surface area contributed by atoms with Gasteiger partial charge in [0.2, 0.25) is 5.91 Å². The fourth-order valence-corrected chi connectivity index (χ4v) is 2.93. The molecule has 2 aromatic carbocycles. The predicted molar refractivity (Wildman–Crippen MR) is 95.7 cm³/mol. The van der Waals surface area contributed by atoms with E-state index in [0.717, 1.165) is 17.8 Å². The maximum atomic E-state index is 13.0. The van der Waals surface area contributed by atoms with Crippen LogP contribution in [0.3, 0.4) is 0 Å². The van der Waals surface area contributed by atoms with Crippen LogP contribution in [0.25, 0.3) is 6.08 Å². The second kappa shape index (κ2) is 7.82. The first-order valence-electron chi connectivity index (χ1n) is 8.48. The summed E-state index contributed by atoms with van der Waals surface area (Å²) < 4.78 is 51.2. The van der Waals surface area contributed by atoms with Crippen molar-refractivity contribution in [3.05, 3.63) is 71.6 Å². The number of amides is 1. The van der Waals surface area contributed by atoms with Crippen LogP contribution in [0.15, 0.2) is 54.6 Å². The van der Waals surface area contributed by atoms with Gasteiger partial charge in [-0.25, -0.2) is 4.39 Å². The third-order valence-electron chi connectivity index (χ3n) is 4.42. The Hall–Kier alpha value is -2.83. The summed E-state index contributed by atoms with van der Waals surface area (Å²) in [4.78, 5) is 16.0. The normalized spacial score (nSPS) is 15.4. The zero-order valence-electron chi connectivity index (χ0n) is 14.4. The van der Waals surface area contributed by atoms with Crippen molar-refractivity contribution < 1.29 is 22.4 Å². The molecule has 0 aromatic heterocycles. The Morgan fingerprint density at radius 1 is 0.963 bits per heavy atom. The lowest BCUT2D eigenvalue weighted by Gasteiger charge is -2.35. The van der Waals surface area contributed by atoms with Crippen molar-refractivity contribution >= 4 is 17.7 Å². The molecule has 1 saturated heterocycles. The Labute approximate surface area is 154 Å². The quantitative estimate of drug-likeness (QED) is 0.590. The van der Waals surface area contributed by atoms with E-state index in [1.54, 1.807) is 17.0 Å². The molecule has 142 valence electrons. The van der Waals surface area contributed by atoms with Crippen molar-refractivity contribution in [2.75, 3.05) is 31.1 Å². The highest BCUT2D eigenvalue weighted by Crippen LogP contribution is 2.29. The highest BCUT2D eigenvalue weighted by molar-refractivity contribution is 5.92. The molecule has 7 heteroatoms. The lowest BCUT2D eigenvalue weighted by molar-refractivity contribution is -0.137. The Bertz CT molecular complexity index is 823. The number of piperazine rings is 1. The maximum Gasteiger partial charge on any atom is 0.416 e. The summed E-state index contributed by atoms with van der Waals surface area (Å²) in [6.07, 6.45) is -1.72. The van der Waals surface area contributed by atoms with E-state index in [-0.39, 0.29) is 11.7 Å². The summed E-state index contributed by atoms with van der Waals surface area (Å²) in [6.45, 7) is 2.19. The van der Waals surface area contributed by atoms with Crippen molar-refractivity contribution in [2.24, 2.45) is 0 Å². The number of hydrogen-bond donors (Lipinski definition) is 0. The standard InChI is InChI=1S/C20H18F4N2O/c21-17-5-7-18(8-6-17)25-10-12-26(13-11-25)19(27)9-4-15-2-1-3-16(14-15)20(22,23)24/h1-9,14H,10-13H2/b9-4+. The molecule has 1 aliphatic rings. The van der Waals surface area contributed by atoms with Gasteiger partial charge >= 0.3 is 6.18 Å². The zero-order chi connectivity index (χ0) is 19.4. The molecule has 0 bridgehead atoms. The minimum absolute atomic E-state index is 0.244. The van der Waals surface area contributed by atoms with Gasteiger partial charge in [0.25, 0.3) is 0 Å². The second-order valence-electron chi connectivity index (χ2n) is 6.25. The van der Waals surface area contributed by atoms with E-state index in [9.17, 15) is 22.4 Å². The number of benzene rings is 2. The second-order valence-corrected chi connectivity index (χ2v) is 6.25. The SMILES string of the molecule is O=C(/C=C/c1cccc(C(F)(F)F)c1)N1CCN(c2ccc(F)cc2)CC1. The van der Waals surface area contributed by atoms with Crippen molar-refractivity contribution in [2.45, 2.75) is 6.18 Å². The van der Waals surface area contributed by atoms with E-state index in [4.69, 9.17) is 0 Å². The molecule has 0 unspecified atom stereocenters. The van der Waals surface area contributed by atoms with Crippen molar-refractivity contribution in [3.63, 3.8) is 0 Å². The Balaban J connectivity index is 1.58. The smallest absolute Gasteiger partial charge is 0.368 e. The molecule has 0 N–H and O–H groups in total. The van der Waals surface area contributed by atoms with Crippen molar-refractivity contribution in [1.82, 2.24) is 4.90 Å². The molecule has 2 aromatic rings. The minimum atomic E-state index is -4.41. The number of rotatable bonds is 3. The van der Waals surface area contributed by atoms with E-state index in [0.29, 0.717) is 31.7 Å². The summed E-state index contributed by atoms with van der Waals surface area (Å²) >= 11 is 0. The number of alkyl halides is 3. The highest BCUT2D eigenvalue weighted by Gasteiger charge is 2.30. The van der Waals surface area contributed by atoms with Crippen LogP contribution in [0.1, 0.15) is 11.1 Å². The predicted octanol–water partition coefficient (Wildman–Crippen LogP) is 4.21. The average Bonchev–Trinajstić information content (AvgIpc) is 2.66. The fourth-order valence-electron chi connectivity index (χ4n) is 2.93. The lowest BCUT2D eigenvalue weighted by Crippen LogP contribution is -2.48. The van der Waals surface area contributed by atoms with Crippen LogP contribution < -0.4 is 4.90 Å². The Morgan fingerprint density at radius 2 is 1.63 bits per heavy atom. The van der Waals surface area contributed by atoms with Crippen LogP contribution in [0, 0.1) is 5.82 Å². The van der Waals surface area contributed by atoms with Gasteiger partial charge in [-0.1, -0.05) is 12.1 Å². The van der Waals surface area contributed by atoms with E-state index in [1.165, 1.54) is 36.4 Å². The zero-order valence-corrected chi connectivity index (χ0v) is 14.4. The first-order chi connectivity index (χ1) is 12.8. The first kappa shape index (κ1) is 18.9. The summed E-state index contributed by atoms with van der Waals surface area (Å²) in [5.41, 5.74) is 0.469. The third-order valence-corrected chi connectivity index (χ3v) is 4.42. The molecule has 1 amide bonds. The largest absolute Gasteiger partial charge is 0.416 e. The van der Waals surface area contributed by atoms with Gasteiger partial charge in [-0.05, 0) is 48.0 Å². The van der Waals surface area contributed by atoms with Crippen LogP contribution in [-0.4, -0.2) is 37.0 Å². The van der Waals surface area contributed by atoms with Gasteiger partial charge in [-0.3, -0.25) is 4.79 Å². The summed E-state index contributed by atoms with van der Waals surface area (Å²) in [7, 11) is 0. The van der Waals surface area contributed by atoms with E-state index < -0.39 is 11.7 Å². The van der Waals surface area contributed by atoms with Gasteiger partial charge < -0.3 is 9.80 Å². The molecule has 1 heterocycles. The molecule has 3 rings (SSSR count). The van der Waals surface area contributed by atoms with E-state index >= 15 is 0 Å². The van der Waals surface area contributed by atoms with Crippen LogP contribution >= 0.6 is 0 Å². The average molecular weight is 378 g/mol. The summed E-state index contributed by atoms with van der Waals surface area (Å²) in [5, 5.41) is 0. The fraction of sp³-hybridized carbons (Fsp3) is 0.250. The molecule has 0 atom stereocenters. The van der Waals surface area contributed by atoms with Crippen LogP contribution in [0.5, 0.6) is 0 Å². The van der Waals surface area contributed by atoms with Crippen LogP contribution in [-0.2, 0) is 11.0 Å². The molecule has 1 aliphatic heterocycles. The Morgan fingerprint density at radius 3 is 2.26 bits per heavy atom. The van der Waals surface area contributed by atoms with Crippen LogP contribution in [0.4, 0.5) is 23.2 Å². The van der Waals surface area contributed by atoms with Gasteiger partial charge in [0, 0.05) is 37.9 Å². The molecule has 0 saturated carbocycles. The summed E-state index contributed by atoms with van der Waals surface area (Å²) in [5.74, 6) is -0.543. The third kappa shape index (κ3) is 4.87. The van der Waals surface area contributed by atoms with Crippen molar-refractivity contribution in [1.29, 1.82) is 0 Å². The topological polar surface area (TPSA) is 23.6 Å². The lowest BCUT2D eigenvalue weighted by atomic mass is 10.1. The first-order valence-corrected chi connectivity index (χ1v) is 8.48. The monoisotopic (exact) mass is 378 g/mol. The van der Waals surface area contributed by atoms with Gasteiger partial charge in [-0.15, -0.1) is 0 Å². The molecule has 1 fully saturated rings. The summed E-state index contributed by atoms with van der Waals surface area (Å²) in [6, 6.07) is 11.0. The van der Waals surface area contributed by atoms with Gasteiger partial charge in [-0.2, -0.15) is 13.2 Å². The molecule has 0 spiro atoms. The minimum Gasteiger partial charge on any atom is -0.368 e. The van der Waals surface area contributed by atoms with Gasteiger partial charge in [0.15, 0.2) is 0 Å². The molecular formula is C20H18F4N2O.